The number of carboxylic acids is 1. The highest BCUT2D eigenvalue weighted by molar-refractivity contribution is 7.12. The Hall–Kier alpha value is -2.41. The van der Waals surface area contributed by atoms with E-state index in [1.54, 1.807) is 10.1 Å². The van der Waals surface area contributed by atoms with Crippen LogP contribution in [0.1, 0.15) is 30.3 Å². The van der Waals surface area contributed by atoms with E-state index in [1.807, 2.05) is 18.2 Å². The SMILES string of the molecule is CC1CCN(c2nn(-c3nc(C(=O)O)cs3)c3ccccc23)CC1. The lowest BCUT2D eigenvalue weighted by molar-refractivity contribution is 0.0691. The Morgan fingerprint density at radius 2 is 2.04 bits per heavy atom. The number of hydrogen-bond donors (Lipinski definition) is 1. The first-order chi connectivity index (χ1) is 11.6. The molecule has 3 heterocycles. The van der Waals surface area contributed by atoms with Crippen LogP contribution in [0.25, 0.3) is 16.0 Å². The van der Waals surface area contributed by atoms with Crippen molar-refractivity contribution in [3.05, 3.63) is 35.3 Å². The lowest BCUT2D eigenvalue weighted by Gasteiger charge is -2.30. The fraction of sp³-hybridized carbons (Fsp3) is 0.353. The molecule has 0 unspecified atom stereocenters. The first-order valence-corrected chi connectivity index (χ1v) is 8.93. The molecule has 6 nitrogen and oxygen atoms in total. The molecule has 1 fully saturated rings. The van der Waals surface area contributed by atoms with Crippen molar-refractivity contribution in [1.29, 1.82) is 0 Å². The number of nitrogens with zero attached hydrogens (tertiary/aromatic N) is 4. The number of rotatable bonds is 3. The molecule has 1 aliphatic rings. The van der Waals surface area contributed by atoms with Crippen LogP contribution in [0.5, 0.6) is 0 Å². The summed E-state index contributed by atoms with van der Waals surface area (Å²) in [5, 5.41) is 17.1. The van der Waals surface area contributed by atoms with Gasteiger partial charge in [-0.15, -0.1) is 16.4 Å². The summed E-state index contributed by atoms with van der Waals surface area (Å²) in [6.45, 7) is 4.29. The fourth-order valence-electron chi connectivity index (χ4n) is 3.11. The van der Waals surface area contributed by atoms with Gasteiger partial charge in [0.25, 0.3) is 0 Å². The van der Waals surface area contributed by atoms with E-state index in [-0.39, 0.29) is 5.69 Å². The van der Waals surface area contributed by atoms with Gasteiger partial charge in [-0.1, -0.05) is 19.1 Å². The van der Waals surface area contributed by atoms with Gasteiger partial charge in [0.15, 0.2) is 11.5 Å². The van der Waals surface area contributed by atoms with E-state index < -0.39 is 5.97 Å². The highest BCUT2D eigenvalue weighted by Crippen LogP contribution is 2.31. The van der Waals surface area contributed by atoms with Gasteiger partial charge in [0.05, 0.1) is 5.52 Å². The third kappa shape index (κ3) is 2.54. The van der Waals surface area contributed by atoms with Crippen LogP contribution in [-0.4, -0.2) is 38.9 Å². The summed E-state index contributed by atoms with van der Waals surface area (Å²) in [6.07, 6.45) is 2.34. The van der Waals surface area contributed by atoms with Crippen molar-refractivity contribution in [3.63, 3.8) is 0 Å². The van der Waals surface area contributed by atoms with E-state index in [4.69, 9.17) is 10.2 Å². The number of hydrogen-bond acceptors (Lipinski definition) is 5. The Morgan fingerprint density at radius 1 is 1.29 bits per heavy atom. The molecule has 4 rings (SSSR count). The van der Waals surface area contributed by atoms with Crippen LogP contribution in [0.4, 0.5) is 5.82 Å². The molecule has 1 saturated heterocycles. The van der Waals surface area contributed by atoms with Gasteiger partial charge < -0.3 is 10.0 Å². The highest BCUT2D eigenvalue weighted by Gasteiger charge is 2.22. The average Bonchev–Trinajstić information content (AvgIpc) is 3.20. The van der Waals surface area contributed by atoms with Gasteiger partial charge >= 0.3 is 5.97 Å². The van der Waals surface area contributed by atoms with E-state index in [9.17, 15) is 4.79 Å². The minimum atomic E-state index is -1.01. The Bertz CT molecular complexity index is 893. The molecule has 0 radical (unpaired) electrons. The number of para-hydroxylation sites is 1. The summed E-state index contributed by atoms with van der Waals surface area (Å²) in [5.41, 5.74) is 1.01. The predicted octanol–water partition coefficient (Wildman–Crippen LogP) is 3.42. The summed E-state index contributed by atoms with van der Waals surface area (Å²) < 4.78 is 1.76. The lowest BCUT2D eigenvalue weighted by Crippen LogP contribution is -2.33. The summed E-state index contributed by atoms with van der Waals surface area (Å²) >= 11 is 1.30. The lowest BCUT2D eigenvalue weighted by atomic mass is 9.99. The highest BCUT2D eigenvalue weighted by atomic mass is 32.1. The number of carboxylic acid groups (broad SMARTS) is 1. The average molecular weight is 342 g/mol. The van der Waals surface area contributed by atoms with Gasteiger partial charge in [-0.25, -0.2) is 14.5 Å². The molecule has 0 amide bonds. The quantitative estimate of drug-likeness (QED) is 0.790. The number of piperidine rings is 1. The van der Waals surface area contributed by atoms with Crippen molar-refractivity contribution in [2.45, 2.75) is 19.8 Å². The maximum Gasteiger partial charge on any atom is 0.355 e. The van der Waals surface area contributed by atoms with Crippen LogP contribution in [0.15, 0.2) is 29.6 Å². The second kappa shape index (κ2) is 5.90. The molecule has 0 bridgehead atoms. The van der Waals surface area contributed by atoms with E-state index >= 15 is 0 Å². The number of carbonyl (C=O) groups is 1. The van der Waals surface area contributed by atoms with Crippen LogP contribution in [-0.2, 0) is 0 Å². The molecule has 7 heteroatoms. The largest absolute Gasteiger partial charge is 0.476 e. The first kappa shape index (κ1) is 15.1. The third-order valence-electron chi connectivity index (χ3n) is 4.54. The maximum absolute atomic E-state index is 11.1. The summed E-state index contributed by atoms with van der Waals surface area (Å²) in [4.78, 5) is 17.6. The fourth-order valence-corrected chi connectivity index (χ4v) is 3.87. The van der Waals surface area contributed by atoms with Gasteiger partial charge in [-0.2, -0.15) is 0 Å². The standard InChI is InChI=1S/C17H18N4O2S/c1-11-6-8-20(9-7-11)15-12-4-2-3-5-14(12)21(19-15)17-18-13(10-24-17)16(22)23/h2-5,10-11H,6-9H2,1H3,(H,22,23). The van der Waals surface area contributed by atoms with E-state index in [0.717, 1.165) is 35.7 Å². The molecule has 1 aromatic carbocycles. The van der Waals surface area contributed by atoms with Crippen molar-refractivity contribution in [1.82, 2.24) is 14.8 Å². The zero-order valence-corrected chi connectivity index (χ0v) is 14.2. The number of aromatic carboxylic acids is 1. The molecule has 24 heavy (non-hydrogen) atoms. The second-order valence-corrected chi connectivity index (χ2v) is 7.08. The smallest absolute Gasteiger partial charge is 0.355 e. The monoisotopic (exact) mass is 342 g/mol. The Kier molecular flexibility index (Phi) is 3.72. The molecule has 0 saturated carbocycles. The molecular weight excluding hydrogens is 324 g/mol. The third-order valence-corrected chi connectivity index (χ3v) is 5.36. The molecule has 124 valence electrons. The van der Waals surface area contributed by atoms with Crippen LogP contribution < -0.4 is 4.90 Å². The summed E-state index contributed by atoms with van der Waals surface area (Å²) in [5.74, 6) is 0.704. The van der Waals surface area contributed by atoms with Gasteiger partial charge in [0.2, 0.25) is 5.13 Å². The summed E-state index contributed by atoms with van der Waals surface area (Å²) in [6, 6.07) is 8.04. The molecule has 0 spiro atoms. The molecule has 2 aromatic heterocycles. The molecular formula is C17H18N4O2S. The van der Waals surface area contributed by atoms with Gasteiger partial charge in [0, 0.05) is 23.9 Å². The number of fused-ring (bicyclic) bond motifs is 1. The molecule has 0 atom stereocenters. The first-order valence-electron chi connectivity index (χ1n) is 8.05. The van der Waals surface area contributed by atoms with Crippen molar-refractivity contribution in [3.8, 4) is 5.13 Å². The van der Waals surface area contributed by atoms with E-state index in [2.05, 4.69) is 22.9 Å². The minimum absolute atomic E-state index is 0.0583. The second-order valence-electron chi connectivity index (χ2n) is 6.24. The molecule has 0 aliphatic carbocycles. The molecule has 1 aliphatic heterocycles. The topological polar surface area (TPSA) is 71.2 Å². The number of anilines is 1. The Labute approximate surface area is 143 Å². The predicted molar refractivity (Wildman–Crippen MR) is 94.3 cm³/mol. The minimum Gasteiger partial charge on any atom is -0.476 e. The summed E-state index contributed by atoms with van der Waals surface area (Å²) in [7, 11) is 0. The van der Waals surface area contributed by atoms with E-state index in [0.29, 0.717) is 5.13 Å². The van der Waals surface area contributed by atoms with Gasteiger partial charge in [0.1, 0.15) is 0 Å². The van der Waals surface area contributed by atoms with Crippen molar-refractivity contribution >= 4 is 34.0 Å². The zero-order valence-electron chi connectivity index (χ0n) is 13.3. The van der Waals surface area contributed by atoms with Crippen molar-refractivity contribution in [2.24, 2.45) is 5.92 Å². The van der Waals surface area contributed by atoms with Crippen molar-refractivity contribution in [2.75, 3.05) is 18.0 Å². The van der Waals surface area contributed by atoms with Gasteiger partial charge in [-0.05, 0) is 30.9 Å². The number of thiazole rings is 1. The molecule has 1 N–H and O–H groups in total. The van der Waals surface area contributed by atoms with Crippen LogP contribution >= 0.6 is 11.3 Å². The molecule has 3 aromatic rings. The van der Waals surface area contributed by atoms with Crippen LogP contribution in [0.2, 0.25) is 0 Å². The number of aromatic nitrogens is 3. The zero-order chi connectivity index (χ0) is 16.7. The van der Waals surface area contributed by atoms with E-state index in [1.165, 1.54) is 24.2 Å². The van der Waals surface area contributed by atoms with Crippen LogP contribution in [0, 0.1) is 5.92 Å². The maximum atomic E-state index is 11.1. The Balaban J connectivity index is 1.80. The van der Waals surface area contributed by atoms with Gasteiger partial charge in [-0.3, -0.25) is 0 Å². The number of benzene rings is 1. The van der Waals surface area contributed by atoms with Crippen molar-refractivity contribution < 1.29 is 9.90 Å². The van der Waals surface area contributed by atoms with Crippen LogP contribution in [0.3, 0.4) is 0 Å². The normalized spacial score (nSPS) is 16.0. The Morgan fingerprint density at radius 3 is 2.75 bits per heavy atom.